The van der Waals surface area contributed by atoms with Crippen LogP contribution in [0.15, 0.2) is 16.7 Å². The molecule has 0 atom stereocenters. The largest absolute Gasteiger partial charge is 0.396 e. The van der Waals surface area contributed by atoms with Crippen LogP contribution in [0.3, 0.4) is 0 Å². The van der Waals surface area contributed by atoms with Crippen molar-refractivity contribution in [3.05, 3.63) is 16.7 Å². The molecule has 1 aromatic heterocycles. The first-order valence-electron chi connectivity index (χ1n) is 3.70. The van der Waals surface area contributed by atoms with Gasteiger partial charge in [0.05, 0.1) is 12.2 Å². The fourth-order valence-corrected chi connectivity index (χ4v) is 1.33. The van der Waals surface area contributed by atoms with Gasteiger partial charge in [-0.05, 0) is 22.0 Å². The van der Waals surface area contributed by atoms with E-state index in [9.17, 15) is 0 Å². The maximum atomic E-state index is 5.75. The van der Waals surface area contributed by atoms with Crippen LogP contribution in [-0.4, -0.2) is 18.6 Å². The zero-order valence-corrected chi connectivity index (χ0v) is 8.87. The van der Waals surface area contributed by atoms with Crippen molar-refractivity contribution in [2.75, 3.05) is 24.2 Å². The SMILES string of the molecule is C#CCN(C)c1ncc(Br)cc1N. The molecule has 0 bridgehead atoms. The Kier molecular flexibility index (Phi) is 3.15. The third-order valence-corrected chi connectivity index (χ3v) is 1.99. The van der Waals surface area contributed by atoms with Crippen molar-refractivity contribution < 1.29 is 0 Å². The van der Waals surface area contributed by atoms with Crippen LogP contribution < -0.4 is 10.6 Å². The molecule has 1 aromatic rings. The molecule has 0 aromatic carbocycles. The van der Waals surface area contributed by atoms with Crippen molar-refractivity contribution in [3.63, 3.8) is 0 Å². The lowest BCUT2D eigenvalue weighted by Gasteiger charge is -2.16. The first kappa shape index (κ1) is 9.87. The van der Waals surface area contributed by atoms with Gasteiger partial charge in [0, 0.05) is 17.7 Å². The molecule has 1 rings (SSSR count). The molecule has 0 aliphatic carbocycles. The summed E-state index contributed by atoms with van der Waals surface area (Å²) in [5, 5.41) is 0. The maximum Gasteiger partial charge on any atom is 0.152 e. The van der Waals surface area contributed by atoms with Gasteiger partial charge in [0.25, 0.3) is 0 Å². The van der Waals surface area contributed by atoms with E-state index in [-0.39, 0.29) is 0 Å². The van der Waals surface area contributed by atoms with E-state index in [1.54, 1.807) is 12.3 Å². The number of nitrogens with zero attached hydrogens (tertiary/aromatic N) is 2. The fourth-order valence-electron chi connectivity index (χ4n) is 0.978. The van der Waals surface area contributed by atoms with Gasteiger partial charge >= 0.3 is 0 Å². The number of nitrogen functional groups attached to an aromatic ring is 1. The molecule has 4 heteroatoms. The van der Waals surface area contributed by atoms with Crippen molar-refractivity contribution >= 4 is 27.4 Å². The molecule has 0 amide bonds. The van der Waals surface area contributed by atoms with Crippen molar-refractivity contribution in [2.45, 2.75) is 0 Å². The first-order chi connectivity index (χ1) is 6.15. The summed E-state index contributed by atoms with van der Waals surface area (Å²) in [6.45, 7) is 0.499. The van der Waals surface area contributed by atoms with Crippen LogP contribution in [0.2, 0.25) is 0 Å². The second-order valence-electron chi connectivity index (χ2n) is 2.63. The van der Waals surface area contributed by atoms with Crippen molar-refractivity contribution in [2.24, 2.45) is 0 Å². The average Bonchev–Trinajstić information content (AvgIpc) is 2.04. The lowest BCUT2D eigenvalue weighted by Crippen LogP contribution is -2.19. The van der Waals surface area contributed by atoms with Crippen LogP contribution >= 0.6 is 15.9 Å². The standard InChI is InChI=1S/C9H10BrN3/c1-3-4-13(2)9-8(11)5-7(10)6-12-9/h1,5-6H,4,11H2,2H3. The molecule has 0 radical (unpaired) electrons. The Morgan fingerprint density at radius 1 is 1.77 bits per heavy atom. The van der Waals surface area contributed by atoms with Crippen LogP contribution in [0.1, 0.15) is 0 Å². The highest BCUT2D eigenvalue weighted by Gasteiger charge is 2.05. The number of terminal acetylenes is 1. The quantitative estimate of drug-likeness (QED) is 0.796. The summed E-state index contributed by atoms with van der Waals surface area (Å²) in [6.07, 6.45) is 6.87. The number of rotatable bonds is 2. The van der Waals surface area contributed by atoms with E-state index in [4.69, 9.17) is 12.2 Å². The van der Waals surface area contributed by atoms with Crippen LogP contribution in [0, 0.1) is 12.3 Å². The first-order valence-corrected chi connectivity index (χ1v) is 4.50. The molecule has 0 saturated heterocycles. The number of anilines is 2. The smallest absolute Gasteiger partial charge is 0.152 e. The topological polar surface area (TPSA) is 42.2 Å². The van der Waals surface area contributed by atoms with E-state index >= 15 is 0 Å². The highest BCUT2D eigenvalue weighted by Crippen LogP contribution is 2.22. The van der Waals surface area contributed by atoms with E-state index in [1.807, 2.05) is 11.9 Å². The Morgan fingerprint density at radius 2 is 2.46 bits per heavy atom. The Labute approximate surface area is 86.1 Å². The van der Waals surface area contributed by atoms with Gasteiger partial charge in [-0.3, -0.25) is 0 Å². The molecular weight excluding hydrogens is 230 g/mol. The molecule has 2 N–H and O–H groups in total. The lowest BCUT2D eigenvalue weighted by atomic mass is 10.3. The monoisotopic (exact) mass is 239 g/mol. The molecule has 68 valence electrons. The summed E-state index contributed by atoms with van der Waals surface area (Å²) >= 11 is 3.28. The molecule has 1 heterocycles. The number of nitrogens with two attached hydrogens (primary N) is 1. The van der Waals surface area contributed by atoms with Gasteiger partial charge in [-0.15, -0.1) is 6.42 Å². The fraction of sp³-hybridized carbons (Fsp3) is 0.222. The summed E-state index contributed by atoms with van der Waals surface area (Å²) in [5.74, 6) is 3.24. The second kappa shape index (κ2) is 4.15. The average molecular weight is 240 g/mol. The Balaban J connectivity index is 2.96. The molecule has 0 fully saturated rings. The second-order valence-corrected chi connectivity index (χ2v) is 3.54. The van der Waals surface area contributed by atoms with Gasteiger partial charge in [0.2, 0.25) is 0 Å². The van der Waals surface area contributed by atoms with E-state index < -0.39 is 0 Å². The van der Waals surface area contributed by atoms with E-state index in [0.29, 0.717) is 18.1 Å². The third kappa shape index (κ3) is 2.36. The van der Waals surface area contributed by atoms with Crippen LogP contribution in [0.25, 0.3) is 0 Å². The third-order valence-electron chi connectivity index (χ3n) is 1.55. The van der Waals surface area contributed by atoms with Gasteiger partial charge in [-0.2, -0.15) is 0 Å². The number of halogens is 1. The van der Waals surface area contributed by atoms with E-state index in [0.717, 1.165) is 4.47 Å². The molecule has 0 unspecified atom stereocenters. The van der Waals surface area contributed by atoms with E-state index in [2.05, 4.69) is 26.8 Å². The highest BCUT2D eigenvalue weighted by atomic mass is 79.9. The van der Waals surface area contributed by atoms with Crippen molar-refractivity contribution in [1.29, 1.82) is 0 Å². The molecule has 13 heavy (non-hydrogen) atoms. The summed E-state index contributed by atoms with van der Waals surface area (Å²) in [7, 11) is 1.85. The molecule has 0 spiro atoms. The van der Waals surface area contributed by atoms with Gasteiger partial charge in [-0.1, -0.05) is 5.92 Å². The summed E-state index contributed by atoms with van der Waals surface area (Å²) < 4.78 is 0.864. The predicted molar refractivity (Wildman–Crippen MR) is 58.5 cm³/mol. The summed E-state index contributed by atoms with van der Waals surface area (Å²) in [4.78, 5) is 5.98. The van der Waals surface area contributed by atoms with Crippen molar-refractivity contribution in [1.82, 2.24) is 4.98 Å². The molecule has 0 aliphatic heterocycles. The molecule has 0 aliphatic rings. The lowest BCUT2D eigenvalue weighted by molar-refractivity contribution is 1.01. The molecule has 0 saturated carbocycles. The minimum absolute atomic E-state index is 0.499. The minimum atomic E-state index is 0.499. The normalized spacial score (nSPS) is 9.31. The van der Waals surface area contributed by atoms with Gasteiger partial charge in [0.1, 0.15) is 0 Å². The van der Waals surface area contributed by atoms with Gasteiger partial charge in [0.15, 0.2) is 5.82 Å². The van der Waals surface area contributed by atoms with Gasteiger partial charge in [-0.25, -0.2) is 4.98 Å². The number of hydrogen-bond acceptors (Lipinski definition) is 3. The van der Waals surface area contributed by atoms with E-state index in [1.165, 1.54) is 0 Å². The van der Waals surface area contributed by atoms with Gasteiger partial charge < -0.3 is 10.6 Å². The molecular formula is C9H10BrN3. The Hall–Kier alpha value is -1.21. The number of pyridine rings is 1. The number of hydrogen-bond donors (Lipinski definition) is 1. The maximum absolute atomic E-state index is 5.75. The van der Waals surface area contributed by atoms with Crippen molar-refractivity contribution in [3.8, 4) is 12.3 Å². The zero-order chi connectivity index (χ0) is 9.84. The van der Waals surface area contributed by atoms with Crippen LogP contribution in [0.4, 0.5) is 11.5 Å². The molecule has 3 nitrogen and oxygen atoms in total. The Morgan fingerprint density at radius 3 is 3.00 bits per heavy atom. The predicted octanol–water partition coefficient (Wildman–Crippen LogP) is 1.50. The highest BCUT2D eigenvalue weighted by molar-refractivity contribution is 9.10. The summed E-state index contributed by atoms with van der Waals surface area (Å²) in [6, 6.07) is 1.80. The minimum Gasteiger partial charge on any atom is -0.396 e. The van der Waals surface area contributed by atoms with Crippen LogP contribution in [0.5, 0.6) is 0 Å². The summed E-state index contributed by atoms with van der Waals surface area (Å²) in [5.41, 5.74) is 6.37. The Bertz CT molecular complexity index is 343. The van der Waals surface area contributed by atoms with Crippen LogP contribution in [-0.2, 0) is 0 Å². The number of aromatic nitrogens is 1. The zero-order valence-electron chi connectivity index (χ0n) is 7.29.